The lowest BCUT2D eigenvalue weighted by Crippen LogP contribution is -2.37. The molecule has 3 heterocycles. The molecular weight excluding hydrogens is 240 g/mol. The van der Waals surface area contributed by atoms with Gasteiger partial charge in [-0.05, 0) is 31.2 Å². The maximum absolute atomic E-state index is 11.3. The quantitative estimate of drug-likeness (QED) is 0.846. The van der Waals surface area contributed by atoms with Gasteiger partial charge in [-0.2, -0.15) is 0 Å². The average Bonchev–Trinajstić information content (AvgIpc) is 3.06. The highest BCUT2D eigenvalue weighted by Gasteiger charge is 2.30. The van der Waals surface area contributed by atoms with Gasteiger partial charge in [-0.1, -0.05) is 6.07 Å². The summed E-state index contributed by atoms with van der Waals surface area (Å²) in [5.41, 5.74) is 3.96. The standard InChI is InChI=1S/C14H14N4O/c1-11-12(10-19)14(17-8-4-5-9-17)18(16-11)13-6-2-3-7-15-13/h2-11,16H,1H3. The van der Waals surface area contributed by atoms with E-state index >= 15 is 0 Å². The van der Waals surface area contributed by atoms with E-state index in [2.05, 4.69) is 10.4 Å². The van der Waals surface area contributed by atoms with Gasteiger partial charge in [0.05, 0.1) is 11.6 Å². The van der Waals surface area contributed by atoms with Crippen molar-refractivity contribution in [2.24, 2.45) is 0 Å². The Bertz CT molecular complexity index is 604. The highest BCUT2D eigenvalue weighted by Crippen LogP contribution is 2.27. The van der Waals surface area contributed by atoms with E-state index < -0.39 is 0 Å². The van der Waals surface area contributed by atoms with Gasteiger partial charge in [0.25, 0.3) is 0 Å². The topological polar surface area (TPSA) is 50.2 Å². The molecule has 0 fully saturated rings. The molecule has 5 nitrogen and oxygen atoms in total. The van der Waals surface area contributed by atoms with E-state index in [0.29, 0.717) is 5.57 Å². The van der Waals surface area contributed by atoms with Gasteiger partial charge in [-0.15, -0.1) is 0 Å². The Morgan fingerprint density at radius 2 is 2.05 bits per heavy atom. The molecule has 3 rings (SSSR count). The lowest BCUT2D eigenvalue weighted by atomic mass is 10.2. The number of hydrogen-bond acceptors (Lipinski definition) is 4. The molecule has 2 aromatic heterocycles. The van der Waals surface area contributed by atoms with Gasteiger partial charge in [-0.25, -0.2) is 15.4 Å². The van der Waals surface area contributed by atoms with Crippen LogP contribution in [0.5, 0.6) is 0 Å². The third kappa shape index (κ3) is 1.94. The van der Waals surface area contributed by atoms with Gasteiger partial charge < -0.3 is 4.57 Å². The number of anilines is 1. The van der Waals surface area contributed by atoms with Crippen molar-refractivity contribution in [2.75, 3.05) is 5.01 Å². The number of carbonyl (C=O) groups excluding carboxylic acids is 1. The molecule has 1 aliphatic rings. The van der Waals surface area contributed by atoms with Crippen molar-refractivity contribution in [3.63, 3.8) is 0 Å². The van der Waals surface area contributed by atoms with E-state index in [1.165, 1.54) is 0 Å². The van der Waals surface area contributed by atoms with Crippen LogP contribution in [0.2, 0.25) is 0 Å². The number of aldehydes is 1. The summed E-state index contributed by atoms with van der Waals surface area (Å²) in [7, 11) is 0. The zero-order valence-electron chi connectivity index (χ0n) is 10.5. The molecule has 5 heteroatoms. The average molecular weight is 254 g/mol. The fourth-order valence-electron chi connectivity index (χ4n) is 2.20. The van der Waals surface area contributed by atoms with E-state index in [1.807, 2.05) is 59.2 Å². The zero-order chi connectivity index (χ0) is 13.2. The maximum Gasteiger partial charge on any atom is 0.151 e. The Kier molecular flexibility index (Phi) is 2.89. The van der Waals surface area contributed by atoms with Crippen molar-refractivity contribution in [1.29, 1.82) is 0 Å². The minimum atomic E-state index is -0.0445. The first kappa shape index (κ1) is 11.7. The molecule has 0 bridgehead atoms. The van der Waals surface area contributed by atoms with Crippen LogP contribution in [0.25, 0.3) is 5.82 Å². The number of rotatable bonds is 3. The first-order chi connectivity index (χ1) is 9.31. The van der Waals surface area contributed by atoms with Crippen molar-refractivity contribution >= 4 is 17.9 Å². The highest BCUT2D eigenvalue weighted by molar-refractivity contribution is 5.90. The molecule has 0 amide bonds. The molecule has 0 spiro atoms. The SMILES string of the molecule is CC1NN(c2ccccn2)C(n2cccc2)=C1C=O. The minimum Gasteiger partial charge on any atom is -0.309 e. The Morgan fingerprint density at radius 1 is 1.26 bits per heavy atom. The van der Waals surface area contributed by atoms with Crippen molar-refractivity contribution in [3.8, 4) is 0 Å². The molecule has 1 N–H and O–H groups in total. The summed E-state index contributed by atoms with van der Waals surface area (Å²) >= 11 is 0. The summed E-state index contributed by atoms with van der Waals surface area (Å²) in [6.07, 6.45) is 6.45. The normalized spacial score (nSPS) is 19.0. The molecule has 0 aromatic carbocycles. The molecule has 19 heavy (non-hydrogen) atoms. The van der Waals surface area contributed by atoms with Crippen LogP contribution in [-0.4, -0.2) is 21.9 Å². The summed E-state index contributed by atoms with van der Waals surface area (Å²) in [4.78, 5) is 15.7. The Morgan fingerprint density at radius 3 is 2.68 bits per heavy atom. The van der Waals surface area contributed by atoms with Crippen LogP contribution >= 0.6 is 0 Å². The summed E-state index contributed by atoms with van der Waals surface area (Å²) in [6.45, 7) is 1.95. The predicted molar refractivity (Wildman–Crippen MR) is 73.0 cm³/mol. The van der Waals surface area contributed by atoms with Crippen LogP contribution < -0.4 is 10.4 Å². The van der Waals surface area contributed by atoms with Crippen LogP contribution in [-0.2, 0) is 4.79 Å². The smallest absolute Gasteiger partial charge is 0.151 e. The summed E-state index contributed by atoms with van der Waals surface area (Å²) in [5.74, 6) is 1.56. The number of hydrogen-bond donors (Lipinski definition) is 1. The number of hydrazine groups is 1. The molecular formula is C14H14N4O. The number of aromatic nitrogens is 2. The van der Waals surface area contributed by atoms with E-state index in [9.17, 15) is 4.79 Å². The largest absolute Gasteiger partial charge is 0.309 e. The molecule has 1 atom stereocenters. The molecule has 0 aliphatic carbocycles. The second kappa shape index (κ2) is 4.70. The molecule has 0 saturated carbocycles. The van der Waals surface area contributed by atoms with Gasteiger partial charge in [0, 0.05) is 18.6 Å². The monoisotopic (exact) mass is 254 g/mol. The minimum absolute atomic E-state index is 0.0445. The predicted octanol–water partition coefficient (Wildman–Crippen LogP) is 1.66. The van der Waals surface area contributed by atoms with Crippen LogP contribution in [0, 0.1) is 0 Å². The summed E-state index contributed by atoms with van der Waals surface area (Å²) < 4.78 is 1.91. The molecule has 0 saturated heterocycles. The van der Waals surface area contributed by atoms with Crippen molar-refractivity contribution < 1.29 is 4.79 Å². The third-order valence-corrected chi connectivity index (χ3v) is 3.11. The van der Waals surface area contributed by atoms with Gasteiger partial charge >= 0.3 is 0 Å². The number of carbonyl (C=O) groups is 1. The van der Waals surface area contributed by atoms with E-state index in [0.717, 1.165) is 17.9 Å². The van der Waals surface area contributed by atoms with Gasteiger partial charge in [0.2, 0.25) is 0 Å². The summed E-state index contributed by atoms with van der Waals surface area (Å²) in [6, 6.07) is 9.49. The Balaban J connectivity index is 2.11. The fraction of sp³-hybridized carbons (Fsp3) is 0.143. The van der Waals surface area contributed by atoms with Gasteiger partial charge in [-0.3, -0.25) is 4.79 Å². The lowest BCUT2D eigenvalue weighted by molar-refractivity contribution is -0.105. The molecule has 0 radical (unpaired) electrons. The summed E-state index contributed by atoms with van der Waals surface area (Å²) in [5, 5.41) is 1.84. The Labute approximate surface area is 111 Å². The van der Waals surface area contributed by atoms with Crippen LogP contribution in [0.3, 0.4) is 0 Å². The van der Waals surface area contributed by atoms with Gasteiger partial charge in [0.15, 0.2) is 6.29 Å². The second-order valence-corrected chi connectivity index (χ2v) is 4.36. The van der Waals surface area contributed by atoms with Crippen molar-refractivity contribution in [3.05, 3.63) is 54.5 Å². The first-order valence-corrected chi connectivity index (χ1v) is 6.11. The maximum atomic E-state index is 11.3. The third-order valence-electron chi connectivity index (χ3n) is 3.11. The molecule has 1 unspecified atom stereocenters. The number of nitrogens with one attached hydrogen (secondary N) is 1. The van der Waals surface area contributed by atoms with Crippen molar-refractivity contribution in [2.45, 2.75) is 13.0 Å². The van der Waals surface area contributed by atoms with E-state index in [4.69, 9.17) is 0 Å². The highest BCUT2D eigenvalue weighted by atomic mass is 16.1. The van der Waals surface area contributed by atoms with E-state index in [-0.39, 0.29) is 6.04 Å². The Hall–Kier alpha value is -2.40. The molecule has 1 aliphatic heterocycles. The van der Waals surface area contributed by atoms with Gasteiger partial charge in [0.1, 0.15) is 11.6 Å². The van der Waals surface area contributed by atoms with Crippen LogP contribution in [0.4, 0.5) is 5.82 Å². The number of pyridine rings is 1. The van der Waals surface area contributed by atoms with Crippen LogP contribution in [0.15, 0.2) is 54.5 Å². The molecule has 2 aromatic rings. The fourth-order valence-corrected chi connectivity index (χ4v) is 2.20. The van der Waals surface area contributed by atoms with E-state index in [1.54, 1.807) is 6.20 Å². The van der Waals surface area contributed by atoms with Crippen molar-refractivity contribution in [1.82, 2.24) is 15.0 Å². The van der Waals surface area contributed by atoms with Crippen LogP contribution in [0.1, 0.15) is 6.92 Å². The second-order valence-electron chi connectivity index (χ2n) is 4.36. The molecule has 96 valence electrons. The number of nitrogens with zero attached hydrogens (tertiary/aromatic N) is 3. The lowest BCUT2D eigenvalue weighted by Gasteiger charge is -2.22. The first-order valence-electron chi connectivity index (χ1n) is 6.11. The zero-order valence-corrected chi connectivity index (χ0v) is 10.5.